The smallest absolute Gasteiger partial charge is 0.162 e. The third-order valence-corrected chi connectivity index (χ3v) is 5.69. The van der Waals surface area contributed by atoms with Crippen molar-refractivity contribution in [1.29, 1.82) is 5.26 Å². The summed E-state index contributed by atoms with van der Waals surface area (Å²) in [5.74, 6) is 1.30. The second kappa shape index (κ2) is 7.12. The molecule has 4 rings (SSSR count). The predicted octanol–water partition coefficient (Wildman–Crippen LogP) is 5.19. The molecule has 5 nitrogen and oxygen atoms in total. The summed E-state index contributed by atoms with van der Waals surface area (Å²) in [4.78, 5) is 0. The van der Waals surface area contributed by atoms with Gasteiger partial charge in [-0.15, -0.1) is 0 Å². The molecule has 0 amide bonds. The maximum Gasteiger partial charge on any atom is 0.162 e. The van der Waals surface area contributed by atoms with Crippen LogP contribution in [0, 0.1) is 11.3 Å². The summed E-state index contributed by atoms with van der Waals surface area (Å²) in [7, 11) is 3.22. The van der Waals surface area contributed by atoms with Crippen molar-refractivity contribution in [1.82, 2.24) is 4.57 Å². The zero-order valence-electron chi connectivity index (χ0n) is 16.5. The molecule has 1 aliphatic rings. The molecule has 144 valence electrons. The van der Waals surface area contributed by atoms with Crippen molar-refractivity contribution in [3.63, 3.8) is 0 Å². The van der Waals surface area contributed by atoms with Gasteiger partial charge in [0.15, 0.2) is 11.5 Å². The summed E-state index contributed by atoms with van der Waals surface area (Å²) in [6.07, 6.45) is 4.14. The standard InChI is InChI=1S/C23H24N2O3/c1-4-5-6-15-9-14-10-16(27-2)7-8-17(14)23-19(13-24)18-11-21(26)22(28-3)12-20(18)25(15)23/h7-8,10-12,15,26H,4-6,9H2,1-3H3. The lowest BCUT2D eigenvalue weighted by Crippen LogP contribution is -2.19. The van der Waals surface area contributed by atoms with Crippen molar-refractivity contribution in [3.8, 4) is 34.6 Å². The highest BCUT2D eigenvalue weighted by Gasteiger charge is 2.31. The molecule has 5 heteroatoms. The highest BCUT2D eigenvalue weighted by atomic mass is 16.5. The number of aromatic nitrogens is 1. The molecule has 2 heterocycles. The van der Waals surface area contributed by atoms with Crippen LogP contribution in [0.25, 0.3) is 22.2 Å². The van der Waals surface area contributed by atoms with E-state index in [1.165, 1.54) is 5.56 Å². The number of aromatic hydroxyl groups is 1. The molecule has 1 N–H and O–H groups in total. The number of methoxy groups -OCH3 is 2. The molecule has 2 aromatic carbocycles. The Morgan fingerprint density at radius 2 is 2.04 bits per heavy atom. The number of ether oxygens (including phenoxy) is 2. The van der Waals surface area contributed by atoms with Crippen LogP contribution in [-0.2, 0) is 6.42 Å². The van der Waals surface area contributed by atoms with Crippen LogP contribution in [0.5, 0.6) is 17.2 Å². The molecule has 0 fully saturated rings. The number of nitrogens with zero attached hydrogens (tertiary/aromatic N) is 2. The maximum absolute atomic E-state index is 10.3. The number of nitriles is 1. The SMILES string of the molecule is CCCCC1Cc2cc(OC)ccc2-c2c(C#N)c3cc(O)c(OC)cc3n21. The third-order valence-electron chi connectivity index (χ3n) is 5.69. The Balaban J connectivity index is 2.06. The minimum Gasteiger partial charge on any atom is -0.504 e. The van der Waals surface area contributed by atoms with E-state index in [1.54, 1.807) is 20.3 Å². The number of phenols is 1. The summed E-state index contributed by atoms with van der Waals surface area (Å²) < 4.78 is 13.0. The quantitative estimate of drug-likeness (QED) is 0.665. The van der Waals surface area contributed by atoms with Gasteiger partial charge in [-0.25, -0.2) is 0 Å². The van der Waals surface area contributed by atoms with Gasteiger partial charge < -0.3 is 19.1 Å². The first kappa shape index (κ1) is 18.2. The van der Waals surface area contributed by atoms with E-state index >= 15 is 0 Å². The normalized spacial score (nSPS) is 15.0. The van der Waals surface area contributed by atoms with Crippen molar-refractivity contribution in [2.24, 2.45) is 0 Å². The van der Waals surface area contributed by atoms with Gasteiger partial charge in [0.1, 0.15) is 11.8 Å². The van der Waals surface area contributed by atoms with Crippen molar-refractivity contribution >= 4 is 10.9 Å². The number of hydrogen-bond donors (Lipinski definition) is 1. The lowest BCUT2D eigenvalue weighted by molar-refractivity contribution is 0.374. The van der Waals surface area contributed by atoms with Crippen LogP contribution < -0.4 is 9.47 Å². The van der Waals surface area contributed by atoms with Gasteiger partial charge in [0.25, 0.3) is 0 Å². The van der Waals surface area contributed by atoms with Crippen LogP contribution in [0.3, 0.4) is 0 Å². The molecule has 3 aromatic rings. The van der Waals surface area contributed by atoms with Crippen LogP contribution >= 0.6 is 0 Å². The molecule has 1 aliphatic heterocycles. The van der Waals surface area contributed by atoms with E-state index in [9.17, 15) is 10.4 Å². The lowest BCUT2D eigenvalue weighted by atomic mass is 9.90. The fourth-order valence-electron chi connectivity index (χ4n) is 4.36. The monoisotopic (exact) mass is 376 g/mol. The maximum atomic E-state index is 10.3. The summed E-state index contributed by atoms with van der Waals surface area (Å²) in [5, 5.41) is 21.1. The van der Waals surface area contributed by atoms with Crippen molar-refractivity contribution in [2.45, 2.75) is 38.6 Å². The molecule has 0 saturated carbocycles. The highest BCUT2D eigenvalue weighted by molar-refractivity contribution is 5.97. The zero-order chi connectivity index (χ0) is 19.8. The van der Waals surface area contributed by atoms with Crippen LogP contribution in [0.1, 0.15) is 43.4 Å². The van der Waals surface area contributed by atoms with Gasteiger partial charge in [0.05, 0.1) is 31.0 Å². The Morgan fingerprint density at radius 3 is 2.71 bits per heavy atom. The fraction of sp³-hybridized carbons (Fsp3) is 0.348. The molecule has 0 bridgehead atoms. The van der Waals surface area contributed by atoms with Crippen molar-refractivity contribution in [3.05, 3.63) is 41.5 Å². The highest BCUT2D eigenvalue weighted by Crippen LogP contribution is 2.46. The van der Waals surface area contributed by atoms with Crippen LogP contribution in [-0.4, -0.2) is 23.9 Å². The summed E-state index contributed by atoms with van der Waals surface area (Å²) in [5.41, 5.74) is 4.71. The largest absolute Gasteiger partial charge is 0.504 e. The molecule has 0 radical (unpaired) electrons. The van der Waals surface area contributed by atoms with E-state index in [1.807, 2.05) is 18.2 Å². The third kappa shape index (κ3) is 2.68. The second-order valence-electron chi connectivity index (χ2n) is 7.27. The van der Waals surface area contributed by atoms with Gasteiger partial charge in [0.2, 0.25) is 0 Å². The minimum atomic E-state index is 0.0505. The Morgan fingerprint density at radius 1 is 1.21 bits per heavy atom. The first-order valence-electron chi connectivity index (χ1n) is 9.65. The van der Waals surface area contributed by atoms with Gasteiger partial charge in [-0.1, -0.05) is 19.8 Å². The number of hydrogen-bond acceptors (Lipinski definition) is 4. The molecular weight excluding hydrogens is 352 g/mol. The topological polar surface area (TPSA) is 67.4 Å². The number of unbranched alkanes of at least 4 members (excludes halogenated alkanes) is 1. The Bertz CT molecular complexity index is 1090. The molecule has 1 atom stereocenters. The summed E-state index contributed by atoms with van der Waals surface area (Å²) in [6.45, 7) is 2.19. The average Bonchev–Trinajstić information content (AvgIpc) is 3.04. The molecular formula is C23H24N2O3. The predicted molar refractivity (Wildman–Crippen MR) is 109 cm³/mol. The zero-order valence-corrected chi connectivity index (χ0v) is 16.5. The molecule has 1 aromatic heterocycles. The Labute approximate surface area is 164 Å². The van der Waals surface area contributed by atoms with E-state index in [-0.39, 0.29) is 11.8 Å². The number of rotatable bonds is 5. The van der Waals surface area contributed by atoms with E-state index in [4.69, 9.17) is 9.47 Å². The van der Waals surface area contributed by atoms with Gasteiger partial charge in [0, 0.05) is 23.1 Å². The molecule has 0 aliphatic carbocycles. The summed E-state index contributed by atoms with van der Waals surface area (Å²) >= 11 is 0. The molecule has 0 spiro atoms. The lowest BCUT2D eigenvalue weighted by Gasteiger charge is -2.30. The Hall–Kier alpha value is -3.13. The molecule has 28 heavy (non-hydrogen) atoms. The van der Waals surface area contributed by atoms with E-state index < -0.39 is 0 Å². The van der Waals surface area contributed by atoms with Gasteiger partial charge in [-0.05, 0) is 42.7 Å². The van der Waals surface area contributed by atoms with E-state index in [0.29, 0.717) is 11.3 Å². The number of fused-ring (bicyclic) bond motifs is 5. The van der Waals surface area contributed by atoms with E-state index in [2.05, 4.69) is 23.6 Å². The second-order valence-corrected chi connectivity index (χ2v) is 7.27. The van der Waals surface area contributed by atoms with Gasteiger partial charge in [-0.2, -0.15) is 5.26 Å². The minimum absolute atomic E-state index is 0.0505. The number of benzene rings is 2. The average molecular weight is 376 g/mol. The molecule has 1 unspecified atom stereocenters. The van der Waals surface area contributed by atoms with Crippen molar-refractivity contribution in [2.75, 3.05) is 14.2 Å². The fourth-order valence-corrected chi connectivity index (χ4v) is 4.36. The van der Waals surface area contributed by atoms with Crippen LogP contribution in [0.2, 0.25) is 0 Å². The number of phenolic OH excluding ortho intramolecular Hbond substituents is 1. The van der Waals surface area contributed by atoms with Crippen LogP contribution in [0.15, 0.2) is 30.3 Å². The first-order valence-corrected chi connectivity index (χ1v) is 9.65. The van der Waals surface area contributed by atoms with Gasteiger partial charge >= 0.3 is 0 Å². The van der Waals surface area contributed by atoms with Crippen LogP contribution in [0.4, 0.5) is 0 Å². The Kier molecular flexibility index (Phi) is 4.64. The first-order chi connectivity index (χ1) is 13.6. The van der Waals surface area contributed by atoms with Crippen molar-refractivity contribution < 1.29 is 14.6 Å². The molecule has 0 saturated heterocycles. The van der Waals surface area contributed by atoms with E-state index in [0.717, 1.165) is 53.6 Å². The van der Waals surface area contributed by atoms with Gasteiger partial charge in [-0.3, -0.25) is 0 Å². The summed E-state index contributed by atoms with van der Waals surface area (Å²) in [6, 6.07) is 12.2.